The van der Waals surface area contributed by atoms with Gasteiger partial charge < -0.3 is 5.32 Å². The first-order chi connectivity index (χ1) is 9.95. The standard InChI is InChI=1S/C15H8F3N3/c16-15(17,18)13-7-12(6-5-10(13)8-19)21-14-4-2-1-3-11(14)9-20/h1-7,21H. The predicted octanol–water partition coefficient (Wildman–Crippen LogP) is 4.19. The summed E-state index contributed by atoms with van der Waals surface area (Å²) >= 11 is 0. The Morgan fingerprint density at radius 1 is 0.905 bits per heavy atom. The van der Waals surface area contributed by atoms with Crippen LogP contribution in [0.15, 0.2) is 42.5 Å². The fourth-order valence-electron chi connectivity index (χ4n) is 1.80. The van der Waals surface area contributed by atoms with Crippen molar-refractivity contribution in [3.05, 3.63) is 59.2 Å². The van der Waals surface area contributed by atoms with E-state index in [0.717, 1.165) is 12.1 Å². The van der Waals surface area contributed by atoms with Crippen molar-refractivity contribution in [1.29, 1.82) is 10.5 Å². The highest BCUT2D eigenvalue weighted by atomic mass is 19.4. The highest BCUT2D eigenvalue weighted by Crippen LogP contribution is 2.34. The molecule has 0 aromatic heterocycles. The molecule has 0 radical (unpaired) electrons. The highest BCUT2D eigenvalue weighted by Gasteiger charge is 2.33. The van der Waals surface area contributed by atoms with E-state index in [9.17, 15) is 13.2 Å². The van der Waals surface area contributed by atoms with Gasteiger partial charge in [0.25, 0.3) is 0 Å². The summed E-state index contributed by atoms with van der Waals surface area (Å²) in [7, 11) is 0. The van der Waals surface area contributed by atoms with Gasteiger partial charge in [-0.25, -0.2) is 0 Å². The summed E-state index contributed by atoms with van der Waals surface area (Å²) in [6.07, 6.45) is -4.61. The van der Waals surface area contributed by atoms with Crippen molar-refractivity contribution in [3.8, 4) is 12.1 Å². The number of nitrogens with one attached hydrogen (secondary N) is 1. The summed E-state index contributed by atoms with van der Waals surface area (Å²) in [6, 6.07) is 13.2. The first-order valence-corrected chi connectivity index (χ1v) is 5.83. The highest BCUT2D eigenvalue weighted by molar-refractivity contribution is 5.67. The maximum atomic E-state index is 12.9. The Morgan fingerprint density at radius 2 is 1.57 bits per heavy atom. The van der Waals surface area contributed by atoms with Crippen molar-refractivity contribution < 1.29 is 13.2 Å². The van der Waals surface area contributed by atoms with Crippen LogP contribution < -0.4 is 5.32 Å². The molecule has 3 nitrogen and oxygen atoms in total. The molecule has 0 amide bonds. The molecule has 2 rings (SSSR count). The normalized spacial score (nSPS) is 10.5. The molecule has 2 aromatic carbocycles. The lowest BCUT2D eigenvalue weighted by Gasteiger charge is -2.13. The van der Waals surface area contributed by atoms with Crippen LogP contribution >= 0.6 is 0 Å². The summed E-state index contributed by atoms with van der Waals surface area (Å²) in [6.45, 7) is 0. The first kappa shape index (κ1) is 14.4. The Bertz CT molecular complexity index is 752. The van der Waals surface area contributed by atoms with E-state index in [4.69, 9.17) is 10.5 Å². The van der Waals surface area contributed by atoms with Gasteiger partial charge in [0.05, 0.1) is 28.4 Å². The topological polar surface area (TPSA) is 59.6 Å². The average molecular weight is 287 g/mol. The van der Waals surface area contributed by atoms with Gasteiger partial charge in [-0.15, -0.1) is 0 Å². The molecular formula is C15H8F3N3. The van der Waals surface area contributed by atoms with Crippen molar-refractivity contribution in [3.63, 3.8) is 0 Å². The summed E-state index contributed by atoms with van der Waals surface area (Å²) in [5, 5.41) is 20.4. The number of benzene rings is 2. The molecule has 0 heterocycles. The second-order valence-corrected chi connectivity index (χ2v) is 4.15. The Kier molecular flexibility index (Phi) is 3.82. The van der Waals surface area contributed by atoms with E-state index in [1.54, 1.807) is 24.3 Å². The number of rotatable bonds is 2. The van der Waals surface area contributed by atoms with Crippen molar-refractivity contribution in [1.82, 2.24) is 0 Å². The Labute approximate surface area is 118 Å². The van der Waals surface area contributed by atoms with E-state index in [0.29, 0.717) is 11.3 Å². The largest absolute Gasteiger partial charge is 0.417 e. The van der Waals surface area contributed by atoms with Crippen LogP contribution in [0.5, 0.6) is 0 Å². The van der Waals surface area contributed by atoms with Gasteiger partial charge in [0.15, 0.2) is 0 Å². The molecule has 0 saturated carbocycles. The number of hydrogen-bond acceptors (Lipinski definition) is 3. The Morgan fingerprint density at radius 3 is 2.19 bits per heavy atom. The molecule has 0 fully saturated rings. The van der Waals surface area contributed by atoms with Crippen molar-refractivity contribution >= 4 is 11.4 Å². The lowest BCUT2D eigenvalue weighted by Crippen LogP contribution is -2.08. The average Bonchev–Trinajstić information content (AvgIpc) is 2.47. The van der Waals surface area contributed by atoms with Crippen LogP contribution in [0, 0.1) is 22.7 Å². The zero-order valence-corrected chi connectivity index (χ0v) is 10.6. The van der Waals surface area contributed by atoms with Gasteiger partial charge in [-0.3, -0.25) is 0 Å². The smallest absolute Gasteiger partial charge is 0.354 e. The molecule has 0 aliphatic rings. The molecule has 0 spiro atoms. The predicted molar refractivity (Wildman–Crippen MR) is 70.6 cm³/mol. The van der Waals surface area contributed by atoms with E-state index in [1.807, 2.05) is 6.07 Å². The van der Waals surface area contributed by atoms with Crippen molar-refractivity contribution in [2.24, 2.45) is 0 Å². The molecule has 0 aliphatic carbocycles. The molecule has 0 bridgehead atoms. The van der Waals surface area contributed by atoms with Gasteiger partial charge in [0, 0.05) is 5.69 Å². The maximum absolute atomic E-state index is 12.9. The van der Waals surface area contributed by atoms with Gasteiger partial charge in [-0.2, -0.15) is 23.7 Å². The minimum atomic E-state index is -4.61. The number of halogens is 3. The summed E-state index contributed by atoms with van der Waals surface area (Å²) in [5.41, 5.74) is -0.580. The van der Waals surface area contributed by atoms with Crippen LogP contribution in [-0.2, 0) is 6.18 Å². The quantitative estimate of drug-likeness (QED) is 0.900. The number of anilines is 2. The summed E-state index contributed by atoms with van der Waals surface area (Å²) in [4.78, 5) is 0. The second-order valence-electron chi connectivity index (χ2n) is 4.15. The molecule has 6 heteroatoms. The molecular weight excluding hydrogens is 279 g/mol. The summed E-state index contributed by atoms with van der Waals surface area (Å²) < 4.78 is 38.6. The second kappa shape index (κ2) is 5.56. The molecule has 0 saturated heterocycles. The van der Waals surface area contributed by atoms with Gasteiger partial charge in [0.2, 0.25) is 0 Å². The van der Waals surface area contributed by atoms with Gasteiger partial charge in [0.1, 0.15) is 6.07 Å². The molecule has 0 atom stereocenters. The first-order valence-electron chi connectivity index (χ1n) is 5.83. The zero-order valence-electron chi connectivity index (χ0n) is 10.6. The third-order valence-electron chi connectivity index (χ3n) is 2.77. The molecule has 104 valence electrons. The number of para-hydroxylation sites is 1. The van der Waals surface area contributed by atoms with Gasteiger partial charge >= 0.3 is 6.18 Å². The third-order valence-corrected chi connectivity index (χ3v) is 2.77. The van der Waals surface area contributed by atoms with Crippen LogP contribution in [0.25, 0.3) is 0 Å². The van der Waals surface area contributed by atoms with E-state index in [-0.39, 0.29) is 5.69 Å². The Balaban J connectivity index is 2.43. The van der Waals surface area contributed by atoms with Crippen LogP contribution in [0.2, 0.25) is 0 Å². The van der Waals surface area contributed by atoms with Crippen LogP contribution in [-0.4, -0.2) is 0 Å². The van der Waals surface area contributed by atoms with E-state index < -0.39 is 17.3 Å². The van der Waals surface area contributed by atoms with Crippen LogP contribution in [0.1, 0.15) is 16.7 Å². The lowest BCUT2D eigenvalue weighted by atomic mass is 10.1. The molecule has 21 heavy (non-hydrogen) atoms. The molecule has 0 aliphatic heterocycles. The van der Waals surface area contributed by atoms with Crippen molar-refractivity contribution in [2.45, 2.75) is 6.18 Å². The zero-order chi connectivity index (χ0) is 15.5. The third kappa shape index (κ3) is 3.13. The van der Waals surface area contributed by atoms with Gasteiger partial charge in [-0.1, -0.05) is 12.1 Å². The summed E-state index contributed by atoms with van der Waals surface area (Å²) in [5.74, 6) is 0. The lowest BCUT2D eigenvalue weighted by molar-refractivity contribution is -0.137. The van der Waals surface area contributed by atoms with Crippen molar-refractivity contribution in [2.75, 3.05) is 5.32 Å². The molecule has 0 unspecified atom stereocenters. The monoisotopic (exact) mass is 287 g/mol. The fourth-order valence-corrected chi connectivity index (χ4v) is 1.80. The number of hydrogen-bond donors (Lipinski definition) is 1. The SMILES string of the molecule is N#Cc1ccccc1Nc1ccc(C#N)c(C(F)(F)F)c1. The fraction of sp³-hybridized carbons (Fsp3) is 0.0667. The molecule has 1 N–H and O–H groups in total. The van der Waals surface area contributed by atoms with E-state index in [2.05, 4.69) is 5.32 Å². The van der Waals surface area contributed by atoms with Crippen LogP contribution in [0.4, 0.5) is 24.5 Å². The minimum absolute atomic E-state index is 0.157. The minimum Gasteiger partial charge on any atom is -0.354 e. The Hall–Kier alpha value is -2.99. The van der Waals surface area contributed by atoms with Gasteiger partial charge in [-0.05, 0) is 30.3 Å². The number of alkyl halides is 3. The van der Waals surface area contributed by atoms with Crippen LogP contribution in [0.3, 0.4) is 0 Å². The maximum Gasteiger partial charge on any atom is 0.417 e. The molecule has 2 aromatic rings. The van der Waals surface area contributed by atoms with E-state index >= 15 is 0 Å². The number of nitrogens with zero attached hydrogens (tertiary/aromatic N) is 2. The number of nitriles is 2. The van der Waals surface area contributed by atoms with E-state index in [1.165, 1.54) is 12.1 Å².